The van der Waals surface area contributed by atoms with E-state index in [4.69, 9.17) is 0 Å². The number of carbonyl (C=O) groups excluding carboxylic acids is 1. The van der Waals surface area contributed by atoms with Gasteiger partial charge >= 0.3 is 0 Å². The van der Waals surface area contributed by atoms with Gasteiger partial charge in [0.15, 0.2) is 5.78 Å². The number of aliphatic hydroxyl groups excluding tert-OH is 1. The molecule has 1 aliphatic carbocycles. The molecule has 3 aromatic carbocycles. The number of hydrogen-bond acceptors (Lipinski definition) is 3. The Balaban J connectivity index is 1.82. The molecule has 0 aromatic heterocycles. The van der Waals surface area contributed by atoms with E-state index in [2.05, 4.69) is 0 Å². The number of nitrogens with one attached hydrogen (secondary N) is 1. The molecule has 1 heterocycles. The lowest BCUT2D eigenvalue weighted by Crippen LogP contribution is -2.42. The summed E-state index contributed by atoms with van der Waals surface area (Å²) in [7, 11) is 0. The van der Waals surface area contributed by atoms with Crippen molar-refractivity contribution in [2.45, 2.75) is 32.1 Å². The molecule has 4 nitrogen and oxygen atoms in total. The van der Waals surface area contributed by atoms with Gasteiger partial charge in [0.2, 0.25) is 0 Å². The standard InChI is InChI=1S/C29H26N2O2/c1-19-15-17-21(18-16-19)28(33)27-25(20-9-4-2-5-10-20)26-23(13-8-14-24(26)32)31(29(27)30)22-11-6-3-7-12-22/h2-7,9-12,15-18,25,30,33H,8,13-14H2,1H3. The van der Waals surface area contributed by atoms with E-state index in [0.717, 1.165) is 35.4 Å². The van der Waals surface area contributed by atoms with Crippen molar-refractivity contribution in [3.63, 3.8) is 0 Å². The number of Topliss-reactive ketones (excluding diaryl/α,β-unsaturated/α-hetero) is 1. The van der Waals surface area contributed by atoms with E-state index >= 15 is 0 Å². The first kappa shape index (κ1) is 21.0. The van der Waals surface area contributed by atoms with E-state index in [-0.39, 0.29) is 17.4 Å². The summed E-state index contributed by atoms with van der Waals surface area (Å²) in [4.78, 5) is 15.2. The highest BCUT2D eigenvalue weighted by Crippen LogP contribution is 2.47. The van der Waals surface area contributed by atoms with Gasteiger partial charge in [0.05, 0.1) is 0 Å². The summed E-state index contributed by atoms with van der Waals surface area (Å²) in [5, 5.41) is 20.9. The molecule has 0 bridgehead atoms. The van der Waals surface area contributed by atoms with Crippen molar-refractivity contribution in [2.24, 2.45) is 0 Å². The molecule has 0 saturated heterocycles. The summed E-state index contributed by atoms with van der Waals surface area (Å²) in [5.74, 6) is -0.142. The molecule has 3 aromatic rings. The van der Waals surface area contributed by atoms with Crippen LogP contribution in [0.1, 0.15) is 41.9 Å². The van der Waals surface area contributed by atoms with Crippen molar-refractivity contribution in [2.75, 3.05) is 4.90 Å². The van der Waals surface area contributed by atoms with Gasteiger partial charge in [-0.25, -0.2) is 0 Å². The topological polar surface area (TPSA) is 64.4 Å². The molecule has 0 fully saturated rings. The van der Waals surface area contributed by atoms with Gasteiger partial charge in [-0.15, -0.1) is 0 Å². The number of nitrogens with zero attached hydrogens (tertiary/aromatic N) is 1. The van der Waals surface area contributed by atoms with Crippen LogP contribution < -0.4 is 4.90 Å². The molecule has 4 heteroatoms. The zero-order chi connectivity index (χ0) is 22.9. The summed E-state index contributed by atoms with van der Waals surface area (Å²) >= 11 is 0. The van der Waals surface area contributed by atoms with Crippen LogP contribution in [0.4, 0.5) is 5.69 Å². The molecular formula is C29H26N2O2. The first-order valence-corrected chi connectivity index (χ1v) is 11.3. The lowest BCUT2D eigenvalue weighted by molar-refractivity contribution is -0.116. The second-order valence-corrected chi connectivity index (χ2v) is 8.63. The van der Waals surface area contributed by atoms with E-state index in [9.17, 15) is 15.3 Å². The summed E-state index contributed by atoms with van der Waals surface area (Å²) in [6.45, 7) is 2.00. The molecule has 164 valence electrons. The van der Waals surface area contributed by atoms with Crippen molar-refractivity contribution in [3.8, 4) is 0 Å². The van der Waals surface area contributed by atoms with Crippen LogP contribution in [0.2, 0.25) is 0 Å². The van der Waals surface area contributed by atoms with Crippen LogP contribution in [0.15, 0.2) is 102 Å². The minimum Gasteiger partial charge on any atom is -0.507 e. The molecule has 0 spiro atoms. The predicted octanol–water partition coefficient (Wildman–Crippen LogP) is 6.55. The van der Waals surface area contributed by atoms with E-state index in [0.29, 0.717) is 23.1 Å². The summed E-state index contributed by atoms with van der Waals surface area (Å²) in [5.41, 5.74) is 5.49. The number of anilines is 1. The summed E-state index contributed by atoms with van der Waals surface area (Å²) in [6.07, 6.45) is 1.97. The zero-order valence-electron chi connectivity index (χ0n) is 18.6. The highest BCUT2D eigenvalue weighted by molar-refractivity contribution is 6.19. The van der Waals surface area contributed by atoms with Gasteiger partial charge in [-0.05, 0) is 37.5 Å². The van der Waals surface area contributed by atoms with Crippen molar-refractivity contribution < 1.29 is 9.90 Å². The smallest absolute Gasteiger partial charge is 0.161 e. The van der Waals surface area contributed by atoms with Gasteiger partial charge in [0.25, 0.3) is 0 Å². The fourth-order valence-electron chi connectivity index (χ4n) is 4.90. The molecule has 2 N–H and O–H groups in total. The van der Waals surface area contributed by atoms with Crippen molar-refractivity contribution >= 4 is 23.1 Å². The molecule has 0 radical (unpaired) electrons. The molecule has 2 aliphatic rings. The van der Waals surface area contributed by atoms with E-state index in [1.54, 1.807) is 0 Å². The van der Waals surface area contributed by atoms with Crippen LogP contribution in [0, 0.1) is 12.3 Å². The Kier molecular flexibility index (Phi) is 5.43. The minimum absolute atomic E-state index is 0.0414. The van der Waals surface area contributed by atoms with Crippen molar-refractivity contribution in [3.05, 3.63) is 118 Å². The first-order valence-electron chi connectivity index (χ1n) is 11.3. The molecule has 33 heavy (non-hydrogen) atoms. The number of hydrogen-bond donors (Lipinski definition) is 2. The van der Waals surface area contributed by atoms with Gasteiger partial charge in [-0.2, -0.15) is 0 Å². The number of aryl methyl sites for hydroxylation is 1. The average Bonchev–Trinajstić information content (AvgIpc) is 2.84. The maximum absolute atomic E-state index is 13.4. The minimum atomic E-state index is -0.484. The number of amidine groups is 1. The van der Waals surface area contributed by atoms with Crippen LogP contribution in [-0.4, -0.2) is 16.7 Å². The fourth-order valence-corrected chi connectivity index (χ4v) is 4.90. The van der Waals surface area contributed by atoms with Gasteiger partial charge in [-0.1, -0.05) is 78.4 Å². The maximum atomic E-state index is 13.4. The third-order valence-corrected chi connectivity index (χ3v) is 6.48. The second kappa shape index (κ2) is 8.55. The molecule has 0 amide bonds. The lowest BCUT2D eigenvalue weighted by Gasteiger charge is -2.41. The number of para-hydroxylation sites is 1. The Hall–Kier alpha value is -3.92. The Morgan fingerprint density at radius 3 is 2.21 bits per heavy atom. The number of rotatable bonds is 3. The summed E-state index contributed by atoms with van der Waals surface area (Å²) < 4.78 is 0. The van der Waals surface area contributed by atoms with Gasteiger partial charge in [0.1, 0.15) is 11.6 Å². The number of aliphatic hydroxyl groups is 1. The van der Waals surface area contributed by atoms with E-state index < -0.39 is 5.92 Å². The zero-order valence-corrected chi connectivity index (χ0v) is 18.6. The molecule has 0 saturated carbocycles. The monoisotopic (exact) mass is 434 g/mol. The quantitative estimate of drug-likeness (QED) is 0.459. The molecule has 1 aliphatic heterocycles. The highest BCUT2D eigenvalue weighted by atomic mass is 16.3. The number of allylic oxidation sites excluding steroid dienone is 2. The first-order chi connectivity index (χ1) is 16.1. The van der Waals surface area contributed by atoms with Gasteiger partial charge in [-0.3, -0.25) is 15.1 Å². The number of carbonyl (C=O) groups is 1. The van der Waals surface area contributed by atoms with Crippen molar-refractivity contribution in [1.29, 1.82) is 5.41 Å². The Morgan fingerprint density at radius 1 is 0.909 bits per heavy atom. The average molecular weight is 435 g/mol. The number of ketones is 1. The van der Waals surface area contributed by atoms with Gasteiger partial charge < -0.3 is 5.11 Å². The Bertz CT molecular complexity index is 1270. The van der Waals surface area contributed by atoms with Crippen LogP contribution in [-0.2, 0) is 4.79 Å². The van der Waals surface area contributed by atoms with Crippen LogP contribution in [0.5, 0.6) is 0 Å². The SMILES string of the molecule is Cc1ccc(C(O)=C2C(=N)N(c3ccccc3)C3=C(C(=O)CCC3)C2c2ccccc2)cc1. The van der Waals surface area contributed by atoms with Crippen LogP contribution >= 0.6 is 0 Å². The molecule has 5 rings (SSSR count). The normalized spacial score (nSPS) is 20.0. The lowest BCUT2D eigenvalue weighted by atomic mass is 9.73. The number of benzene rings is 3. The van der Waals surface area contributed by atoms with Gasteiger partial charge in [0, 0.05) is 40.4 Å². The molecule has 1 unspecified atom stereocenters. The predicted molar refractivity (Wildman–Crippen MR) is 132 cm³/mol. The van der Waals surface area contributed by atoms with Crippen LogP contribution in [0.3, 0.4) is 0 Å². The largest absolute Gasteiger partial charge is 0.507 e. The van der Waals surface area contributed by atoms with E-state index in [1.807, 2.05) is 96.8 Å². The third-order valence-electron chi connectivity index (χ3n) is 6.48. The third kappa shape index (κ3) is 3.68. The second-order valence-electron chi connectivity index (χ2n) is 8.63. The Morgan fingerprint density at radius 2 is 1.55 bits per heavy atom. The maximum Gasteiger partial charge on any atom is 0.161 e. The van der Waals surface area contributed by atoms with Crippen LogP contribution in [0.25, 0.3) is 5.76 Å². The molecular weight excluding hydrogens is 408 g/mol. The summed E-state index contributed by atoms with van der Waals surface area (Å²) in [6, 6.07) is 27.1. The van der Waals surface area contributed by atoms with Crippen molar-refractivity contribution in [1.82, 2.24) is 0 Å². The van der Waals surface area contributed by atoms with E-state index in [1.165, 1.54) is 0 Å². The highest BCUT2D eigenvalue weighted by Gasteiger charge is 2.43. The Labute approximate surface area is 194 Å². The fraction of sp³-hybridized carbons (Fsp3) is 0.172. The molecule has 1 atom stereocenters.